The summed E-state index contributed by atoms with van der Waals surface area (Å²) in [5.74, 6) is 1.50. The van der Waals surface area contributed by atoms with Crippen LogP contribution in [-0.2, 0) is 0 Å². The van der Waals surface area contributed by atoms with Crippen molar-refractivity contribution >= 4 is 0 Å². The molecule has 2 unspecified atom stereocenters. The molecule has 1 nitrogen and oxygen atoms in total. The topological polar surface area (TPSA) is 20.2 Å². The standard InChI is InChI=1S/C7H14O/c1-2-6-3-4-7(6)5-8/h6-8H,2-5H2,1H3. The predicted molar refractivity (Wildman–Crippen MR) is 33.6 cm³/mol. The third-order valence-electron chi connectivity index (χ3n) is 2.33. The monoisotopic (exact) mass is 114 g/mol. The Bertz CT molecular complexity index is 56.8. The van der Waals surface area contributed by atoms with Crippen molar-refractivity contribution in [1.29, 1.82) is 0 Å². The van der Waals surface area contributed by atoms with Crippen LogP contribution in [0.1, 0.15) is 26.2 Å². The number of hydrogen-bond donors (Lipinski definition) is 1. The minimum absolute atomic E-state index is 0.415. The van der Waals surface area contributed by atoms with E-state index in [1.165, 1.54) is 19.3 Å². The van der Waals surface area contributed by atoms with Crippen molar-refractivity contribution < 1.29 is 5.11 Å². The van der Waals surface area contributed by atoms with Crippen LogP contribution in [0.25, 0.3) is 0 Å². The van der Waals surface area contributed by atoms with Gasteiger partial charge in [-0.15, -0.1) is 0 Å². The number of aliphatic hydroxyl groups is 1. The van der Waals surface area contributed by atoms with Crippen LogP contribution in [0.4, 0.5) is 0 Å². The Labute approximate surface area is 50.7 Å². The zero-order valence-corrected chi connectivity index (χ0v) is 5.43. The van der Waals surface area contributed by atoms with E-state index in [9.17, 15) is 0 Å². The lowest BCUT2D eigenvalue weighted by atomic mass is 9.73. The lowest BCUT2D eigenvalue weighted by Gasteiger charge is -2.34. The highest BCUT2D eigenvalue weighted by Crippen LogP contribution is 2.35. The van der Waals surface area contributed by atoms with Gasteiger partial charge >= 0.3 is 0 Å². The van der Waals surface area contributed by atoms with Crippen molar-refractivity contribution in [2.45, 2.75) is 26.2 Å². The summed E-state index contributed by atoms with van der Waals surface area (Å²) in [5.41, 5.74) is 0. The molecule has 0 aromatic rings. The smallest absolute Gasteiger partial charge is 0.0461 e. The summed E-state index contributed by atoms with van der Waals surface area (Å²) in [6.45, 7) is 2.62. The Hall–Kier alpha value is -0.0400. The van der Waals surface area contributed by atoms with Gasteiger partial charge in [0, 0.05) is 6.61 Å². The molecule has 0 saturated heterocycles. The van der Waals surface area contributed by atoms with E-state index in [4.69, 9.17) is 5.11 Å². The molecule has 1 saturated carbocycles. The summed E-state index contributed by atoms with van der Waals surface area (Å²) in [4.78, 5) is 0. The van der Waals surface area contributed by atoms with Crippen LogP contribution in [-0.4, -0.2) is 11.7 Å². The fraction of sp³-hybridized carbons (Fsp3) is 1.00. The zero-order chi connectivity index (χ0) is 5.98. The molecule has 1 aliphatic carbocycles. The number of hydrogen-bond acceptors (Lipinski definition) is 1. The maximum absolute atomic E-state index is 8.69. The Morgan fingerprint density at radius 3 is 2.12 bits per heavy atom. The summed E-state index contributed by atoms with van der Waals surface area (Å²) in [6, 6.07) is 0. The van der Waals surface area contributed by atoms with Gasteiger partial charge in [0.15, 0.2) is 0 Å². The molecule has 0 aromatic carbocycles. The molecule has 1 N–H and O–H groups in total. The van der Waals surface area contributed by atoms with E-state index in [1.54, 1.807) is 0 Å². The first-order chi connectivity index (χ1) is 3.88. The van der Waals surface area contributed by atoms with Gasteiger partial charge in [0.05, 0.1) is 0 Å². The summed E-state index contributed by atoms with van der Waals surface area (Å²) in [6.07, 6.45) is 3.86. The average molecular weight is 114 g/mol. The Morgan fingerprint density at radius 1 is 1.38 bits per heavy atom. The molecule has 2 atom stereocenters. The van der Waals surface area contributed by atoms with Crippen LogP contribution in [0.15, 0.2) is 0 Å². The third-order valence-corrected chi connectivity index (χ3v) is 2.33. The molecule has 8 heavy (non-hydrogen) atoms. The van der Waals surface area contributed by atoms with Gasteiger partial charge in [0.2, 0.25) is 0 Å². The van der Waals surface area contributed by atoms with Gasteiger partial charge in [-0.2, -0.15) is 0 Å². The van der Waals surface area contributed by atoms with Crippen molar-refractivity contribution in [1.82, 2.24) is 0 Å². The highest BCUT2D eigenvalue weighted by molar-refractivity contribution is 4.78. The van der Waals surface area contributed by atoms with Gasteiger partial charge in [0.25, 0.3) is 0 Å². The first-order valence-electron chi connectivity index (χ1n) is 3.49. The Kier molecular flexibility index (Phi) is 1.90. The van der Waals surface area contributed by atoms with Gasteiger partial charge < -0.3 is 5.11 Å². The minimum Gasteiger partial charge on any atom is -0.396 e. The molecular weight excluding hydrogens is 100 g/mol. The van der Waals surface area contributed by atoms with Crippen LogP contribution in [0, 0.1) is 11.8 Å². The molecule has 1 fully saturated rings. The van der Waals surface area contributed by atoms with Crippen molar-refractivity contribution in [2.75, 3.05) is 6.61 Å². The highest BCUT2D eigenvalue weighted by Gasteiger charge is 2.27. The largest absolute Gasteiger partial charge is 0.396 e. The third kappa shape index (κ3) is 0.873. The molecule has 0 heterocycles. The van der Waals surface area contributed by atoms with E-state index in [0.717, 1.165) is 5.92 Å². The van der Waals surface area contributed by atoms with E-state index < -0.39 is 0 Å². The van der Waals surface area contributed by atoms with Crippen LogP contribution < -0.4 is 0 Å². The van der Waals surface area contributed by atoms with Crippen molar-refractivity contribution in [3.8, 4) is 0 Å². The molecule has 48 valence electrons. The lowest BCUT2D eigenvalue weighted by Crippen LogP contribution is -2.27. The van der Waals surface area contributed by atoms with Gasteiger partial charge in [-0.05, 0) is 24.7 Å². The van der Waals surface area contributed by atoms with E-state index in [-0.39, 0.29) is 0 Å². The molecule has 0 spiro atoms. The van der Waals surface area contributed by atoms with Gasteiger partial charge in [-0.3, -0.25) is 0 Å². The number of rotatable bonds is 2. The summed E-state index contributed by atoms with van der Waals surface area (Å²) in [7, 11) is 0. The second-order valence-electron chi connectivity index (χ2n) is 2.69. The molecule has 0 aliphatic heterocycles. The summed E-state index contributed by atoms with van der Waals surface area (Å²) >= 11 is 0. The molecule has 1 rings (SSSR count). The molecule has 1 aliphatic rings. The van der Waals surface area contributed by atoms with Crippen molar-refractivity contribution in [2.24, 2.45) is 11.8 Å². The van der Waals surface area contributed by atoms with Gasteiger partial charge in [-0.1, -0.05) is 13.3 Å². The first-order valence-corrected chi connectivity index (χ1v) is 3.49. The number of aliphatic hydroxyl groups excluding tert-OH is 1. The minimum atomic E-state index is 0.415. The maximum Gasteiger partial charge on any atom is 0.0461 e. The summed E-state index contributed by atoms with van der Waals surface area (Å²) in [5, 5.41) is 8.69. The molecule has 1 heteroatoms. The lowest BCUT2D eigenvalue weighted by molar-refractivity contribution is 0.0884. The Morgan fingerprint density at radius 2 is 2.00 bits per heavy atom. The molecule has 0 aromatic heterocycles. The van der Waals surface area contributed by atoms with Crippen LogP contribution in [0.5, 0.6) is 0 Å². The first kappa shape index (κ1) is 6.09. The SMILES string of the molecule is CCC1CCC1CO. The van der Waals surface area contributed by atoms with Crippen LogP contribution in [0.2, 0.25) is 0 Å². The van der Waals surface area contributed by atoms with Gasteiger partial charge in [-0.25, -0.2) is 0 Å². The molecule has 0 bridgehead atoms. The molecular formula is C7H14O. The normalized spacial score (nSPS) is 36.8. The van der Waals surface area contributed by atoms with E-state index >= 15 is 0 Å². The average Bonchev–Trinajstić information content (AvgIpc) is 1.66. The van der Waals surface area contributed by atoms with Crippen molar-refractivity contribution in [3.63, 3.8) is 0 Å². The fourth-order valence-electron chi connectivity index (χ4n) is 1.42. The summed E-state index contributed by atoms with van der Waals surface area (Å²) < 4.78 is 0. The maximum atomic E-state index is 8.69. The van der Waals surface area contributed by atoms with Crippen LogP contribution in [0.3, 0.4) is 0 Å². The van der Waals surface area contributed by atoms with Gasteiger partial charge in [0.1, 0.15) is 0 Å². The second-order valence-corrected chi connectivity index (χ2v) is 2.69. The van der Waals surface area contributed by atoms with Crippen molar-refractivity contribution in [3.05, 3.63) is 0 Å². The zero-order valence-electron chi connectivity index (χ0n) is 5.43. The molecule has 0 radical (unpaired) electrons. The van der Waals surface area contributed by atoms with E-state index in [2.05, 4.69) is 6.92 Å². The highest BCUT2D eigenvalue weighted by atomic mass is 16.3. The molecule has 0 amide bonds. The fourth-order valence-corrected chi connectivity index (χ4v) is 1.42. The Balaban J connectivity index is 2.16. The quantitative estimate of drug-likeness (QED) is 0.575. The predicted octanol–water partition coefficient (Wildman–Crippen LogP) is 1.41. The van der Waals surface area contributed by atoms with Crippen LogP contribution >= 0.6 is 0 Å². The van der Waals surface area contributed by atoms with E-state index in [0.29, 0.717) is 12.5 Å². The van der Waals surface area contributed by atoms with E-state index in [1.807, 2.05) is 0 Å². The second kappa shape index (κ2) is 2.49.